The third-order valence-corrected chi connectivity index (χ3v) is 6.45. The number of fused-ring (bicyclic) bond motifs is 5. The quantitative estimate of drug-likeness (QED) is 0.305. The van der Waals surface area contributed by atoms with Crippen LogP contribution < -0.4 is 0 Å². The number of allylic oxidation sites excluding steroid dienone is 2. The Kier molecular flexibility index (Phi) is 4.78. The lowest BCUT2D eigenvalue weighted by molar-refractivity contribution is -0.140. The standard InChI is InChI=1S/C23H19ClN2O5/c1-2-30-23(29)16-10-12(5-7-17(16)24)18-8-6-15(31-18)11-25-26-21(27)19-13-3-4-14(9-13)20(19)22(26)28/h3-8,10-11,13-14,19-20H,2,9H2,1H3/b25-11-/t13-,14-,19-,20+/m0/s1. The number of imide groups is 1. The predicted octanol–water partition coefficient (Wildman–Crippen LogP) is 3.92. The van der Waals surface area contributed by atoms with E-state index in [1.165, 1.54) is 6.21 Å². The maximum atomic E-state index is 12.7. The molecule has 2 fully saturated rings. The Morgan fingerprint density at radius 3 is 2.58 bits per heavy atom. The van der Waals surface area contributed by atoms with Gasteiger partial charge in [-0.1, -0.05) is 23.8 Å². The van der Waals surface area contributed by atoms with E-state index in [-0.39, 0.29) is 52.7 Å². The van der Waals surface area contributed by atoms with Crippen molar-refractivity contribution in [3.8, 4) is 11.3 Å². The predicted molar refractivity (Wildman–Crippen MR) is 112 cm³/mol. The monoisotopic (exact) mass is 438 g/mol. The smallest absolute Gasteiger partial charge is 0.339 e. The minimum Gasteiger partial charge on any atom is -0.462 e. The van der Waals surface area contributed by atoms with Crippen molar-refractivity contribution in [2.75, 3.05) is 6.61 Å². The van der Waals surface area contributed by atoms with E-state index in [1.54, 1.807) is 37.3 Å². The van der Waals surface area contributed by atoms with Crippen LogP contribution in [-0.2, 0) is 14.3 Å². The average Bonchev–Trinajstić information content (AvgIpc) is 3.52. The summed E-state index contributed by atoms with van der Waals surface area (Å²) in [5.41, 5.74) is 0.883. The third kappa shape index (κ3) is 3.20. The normalized spacial score (nSPS) is 26.3. The Hall–Kier alpha value is -3.19. The van der Waals surface area contributed by atoms with Gasteiger partial charge in [0.05, 0.1) is 35.2 Å². The molecule has 0 spiro atoms. The van der Waals surface area contributed by atoms with E-state index >= 15 is 0 Å². The number of esters is 1. The summed E-state index contributed by atoms with van der Waals surface area (Å²) in [6, 6.07) is 8.31. The summed E-state index contributed by atoms with van der Waals surface area (Å²) in [4.78, 5) is 37.5. The van der Waals surface area contributed by atoms with Crippen molar-refractivity contribution >= 4 is 35.6 Å². The molecule has 2 heterocycles. The lowest BCUT2D eigenvalue weighted by atomic mass is 9.85. The van der Waals surface area contributed by atoms with Gasteiger partial charge in [-0.3, -0.25) is 9.59 Å². The van der Waals surface area contributed by atoms with Gasteiger partial charge >= 0.3 is 5.97 Å². The molecule has 2 amide bonds. The fraction of sp³-hybridized carbons (Fsp3) is 0.304. The maximum Gasteiger partial charge on any atom is 0.339 e. The fourth-order valence-corrected chi connectivity index (χ4v) is 4.93. The third-order valence-electron chi connectivity index (χ3n) is 6.12. The van der Waals surface area contributed by atoms with Gasteiger partial charge in [0.15, 0.2) is 0 Å². The number of hydrogen-bond acceptors (Lipinski definition) is 6. The van der Waals surface area contributed by atoms with Gasteiger partial charge < -0.3 is 9.15 Å². The van der Waals surface area contributed by atoms with Crippen molar-refractivity contribution in [1.82, 2.24) is 5.01 Å². The first kappa shape index (κ1) is 19.8. The van der Waals surface area contributed by atoms with Crippen LogP contribution in [0.25, 0.3) is 11.3 Å². The number of ether oxygens (including phenoxy) is 1. The molecule has 2 aromatic rings. The molecule has 1 aliphatic heterocycles. The summed E-state index contributed by atoms with van der Waals surface area (Å²) in [6.45, 7) is 1.96. The first-order chi connectivity index (χ1) is 15.0. The highest BCUT2D eigenvalue weighted by Gasteiger charge is 2.59. The number of rotatable bonds is 5. The van der Waals surface area contributed by atoms with E-state index in [0.717, 1.165) is 11.4 Å². The number of hydrazone groups is 1. The number of amides is 2. The molecule has 1 saturated carbocycles. The Labute approximate surface area is 183 Å². The number of carbonyl (C=O) groups excluding carboxylic acids is 3. The zero-order valence-corrected chi connectivity index (χ0v) is 17.4. The molecular weight excluding hydrogens is 420 g/mol. The molecule has 1 saturated heterocycles. The number of carbonyl (C=O) groups is 3. The topological polar surface area (TPSA) is 89.2 Å². The van der Waals surface area contributed by atoms with Gasteiger partial charge in [0.2, 0.25) is 0 Å². The van der Waals surface area contributed by atoms with Gasteiger partial charge in [0.1, 0.15) is 11.5 Å². The zero-order valence-electron chi connectivity index (χ0n) is 16.7. The summed E-state index contributed by atoms with van der Waals surface area (Å²) >= 11 is 6.11. The van der Waals surface area contributed by atoms with Gasteiger partial charge in [-0.25, -0.2) is 4.79 Å². The molecule has 0 radical (unpaired) electrons. The van der Waals surface area contributed by atoms with Gasteiger partial charge in [0, 0.05) is 5.56 Å². The fourth-order valence-electron chi connectivity index (χ4n) is 4.74. The van der Waals surface area contributed by atoms with E-state index in [1.807, 2.05) is 12.2 Å². The van der Waals surface area contributed by atoms with E-state index < -0.39 is 5.97 Å². The summed E-state index contributed by atoms with van der Waals surface area (Å²) < 4.78 is 10.8. The Bertz CT molecular complexity index is 1120. The van der Waals surface area contributed by atoms with Gasteiger partial charge in [-0.2, -0.15) is 10.1 Å². The molecule has 8 heteroatoms. The van der Waals surface area contributed by atoms with Crippen molar-refractivity contribution in [1.29, 1.82) is 0 Å². The Morgan fingerprint density at radius 1 is 1.19 bits per heavy atom. The first-order valence-corrected chi connectivity index (χ1v) is 10.5. The second-order valence-corrected chi connectivity index (χ2v) is 8.26. The molecule has 3 aliphatic rings. The van der Waals surface area contributed by atoms with Crippen LogP contribution in [0.15, 0.2) is 52.0 Å². The summed E-state index contributed by atoms with van der Waals surface area (Å²) in [5.74, 6) is -0.436. The van der Waals surface area contributed by atoms with E-state index in [9.17, 15) is 14.4 Å². The molecular formula is C23H19ClN2O5. The minimum atomic E-state index is -0.511. The van der Waals surface area contributed by atoms with Gasteiger partial charge in [0.25, 0.3) is 11.8 Å². The molecule has 0 N–H and O–H groups in total. The van der Waals surface area contributed by atoms with Gasteiger partial charge in [-0.15, -0.1) is 0 Å². The Balaban J connectivity index is 1.35. The second kappa shape index (κ2) is 7.50. The SMILES string of the molecule is CCOC(=O)c1cc(-c2ccc(/C=N\N3C(=O)[C@@H]4[C@H](C3=O)[C@H]3C=C[C@H]4C3)o2)ccc1Cl. The molecule has 158 valence electrons. The van der Waals surface area contributed by atoms with Crippen LogP contribution in [0.5, 0.6) is 0 Å². The highest BCUT2D eigenvalue weighted by molar-refractivity contribution is 6.33. The molecule has 2 aliphatic carbocycles. The van der Waals surface area contributed by atoms with Crippen LogP contribution in [0.3, 0.4) is 0 Å². The van der Waals surface area contributed by atoms with Crippen LogP contribution in [0.1, 0.15) is 29.5 Å². The van der Waals surface area contributed by atoms with Crippen molar-refractivity contribution < 1.29 is 23.5 Å². The average molecular weight is 439 g/mol. The number of nitrogens with zero attached hydrogens (tertiary/aromatic N) is 2. The summed E-state index contributed by atoms with van der Waals surface area (Å²) in [6.07, 6.45) is 6.32. The van der Waals surface area contributed by atoms with E-state index in [2.05, 4.69) is 5.10 Å². The lowest BCUT2D eigenvalue weighted by Gasteiger charge is -2.13. The minimum absolute atomic E-state index is 0.139. The van der Waals surface area contributed by atoms with Crippen LogP contribution >= 0.6 is 11.6 Å². The van der Waals surface area contributed by atoms with Crippen LogP contribution in [0, 0.1) is 23.7 Å². The molecule has 5 rings (SSSR count). The summed E-state index contributed by atoms with van der Waals surface area (Å²) in [5, 5.41) is 5.38. The van der Waals surface area contributed by atoms with Crippen LogP contribution in [-0.4, -0.2) is 35.6 Å². The van der Waals surface area contributed by atoms with E-state index in [4.69, 9.17) is 20.8 Å². The zero-order chi connectivity index (χ0) is 21.7. The molecule has 2 bridgehead atoms. The number of furan rings is 1. The Morgan fingerprint density at radius 2 is 1.90 bits per heavy atom. The lowest BCUT2D eigenvalue weighted by Crippen LogP contribution is -2.28. The largest absolute Gasteiger partial charge is 0.462 e. The summed E-state index contributed by atoms with van der Waals surface area (Å²) in [7, 11) is 0. The van der Waals surface area contributed by atoms with Crippen molar-refractivity contribution in [2.24, 2.45) is 28.8 Å². The van der Waals surface area contributed by atoms with Gasteiger partial charge in [-0.05, 0) is 55.5 Å². The number of benzene rings is 1. The number of halogens is 1. The highest BCUT2D eigenvalue weighted by atomic mass is 35.5. The number of hydrogen-bond donors (Lipinski definition) is 0. The van der Waals surface area contributed by atoms with Crippen LogP contribution in [0.2, 0.25) is 5.02 Å². The first-order valence-electron chi connectivity index (χ1n) is 10.1. The maximum absolute atomic E-state index is 12.7. The highest BCUT2D eigenvalue weighted by Crippen LogP contribution is 2.52. The molecule has 0 unspecified atom stereocenters. The molecule has 1 aromatic heterocycles. The molecule has 31 heavy (non-hydrogen) atoms. The van der Waals surface area contributed by atoms with Crippen molar-refractivity contribution in [3.05, 3.63) is 58.8 Å². The second-order valence-electron chi connectivity index (χ2n) is 7.85. The van der Waals surface area contributed by atoms with Crippen molar-refractivity contribution in [2.45, 2.75) is 13.3 Å². The molecule has 7 nitrogen and oxygen atoms in total. The molecule has 4 atom stereocenters. The van der Waals surface area contributed by atoms with Crippen LogP contribution in [0.4, 0.5) is 0 Å². The molecule has 1 aromatic carbocycles. The van der Waals surface area contributed by atoms with Crippen molar-refractivity contribution in [3.63, 3.8) is 0 Å². The van der Waals surface area contributed by atoms with E-state index in [0.29, 0.717) is 17.1 Å².